The molecule has 1 aromatic heterocycles. The summed E-state index contributed by atoms with van der Waals surface area (Å²) in [5.74, 6) is -0.285. The van der Waals surface area contributed by atoms with E-state index in [-0.39, 0.29) is 12.2 Å². The molecule has 0 fully saturated rings. The Kier molecular flexibility index (Phi) is 5.96. The molecule has 0 atom stereocenters. The van der Waals surface area contributed by atoms with Crippen molar-refractivity contribution in [3.8, 4) is 5.75 Å². The highest BCUT2D eigenvalue weighted by molar-refractivity contribution is 5.86. The van der Waals surface area contributed by atoms with Gasteiger partial charge in [0.25, 0.3) is 0 Å². The number of carbonyl (C=O) groups is 2. The number of nitrogens with one attached hydrogen (secondary N) is 1. The summed E-state index contributed by atoms with van der Waals surface area (Å²) in [6.07, 6.45) is 3.42. The summed E-state index contributed by atoms with van der Waals surface area (Å²) in [6.45, 7) is 6.92. The minimum Gasteiger partial charge on any atom is -0.444 e. The standard InChI is InChI=1S/C22H27NO6/c1-5-7-13-10-16-14-8-6-9-15(14)20(25)28-18(16)11-17(13)27-19(24)12-23-21(26)29-22(2,3)4/h10-11H,5-9,12H2,1-4H3,(H,23,26). The molecule has 0 saturated carbocycles. The van der Waals surface area contributed by atoms with Crippen LogP contribution in [0.1, 0.15) is 57.2 Å². The lowest BCUT2D eigenvalue weighted by atomic mass is 10.0. The molecule has 1 N–H and O–H groups in total. The third-order valence-electron chi connectivity index (χ3n) is 4.67. The van der Waals surface area contributed by atoms with E-state index in [1.54, 1.807) is 26.8 Å². The Morgan fingerprint density at radius 2 is 1.90 bits per heavy atom. The molecule has 156 valence electrons. The van der Waals surface area contributed by atoms with E-state index < -0.39 is 17.7 Å². The third kappa shape index (κ3) is 4.96. The number of amides is 1. The topological polar surface area (TPSA) is 94.8 Å². The van der Waals surface area contributed by atoms with E-state index in [2.05, 4.69) is 5.32 Å². The van der Waals surface area contributed by atoms with Gasteiger partial charge >= 0.3 is 17.7 Å². The smallest absolute Gasteiger partial charge is 0.408 e. The van der Waals surface area contributed by atoms with Crippen molar-refractivity contribution < 1.29 is 23.5 Å². The Morgan fingerprint density at radius 3 is 2.59 bits per heavy atom. The molecule has 7 nitrogen and oxygen atoms in total. The van der Waals surface area contributed by atoms with Crippen molar-refractivity contribution >= 4 is 23.0 Å². The third-order valence-corrected chi connectivity index (χ3v) is 4.67. The highest BCUT2D eigenvalue weighted by atomic mass is 16.6. The zero-order valence-corrected chi connectivity index (χ0v) is 17.3. The Balaban J connectivity index is 1.82. The molecular formula is C22H27NO6. The fourth-order valence-corrected chi connectivity index (χ4v) is 3.53. The average molecular weight is 401 g/mol. The molecule has 1 aliphatic rings. The second kappa shape index (κ2) is 8.27. The number of fused-ring (bicyclic) bond motifs is 3. The predicted molar refractivity (Wildman–Crippen MR) is 108 cm³/mol. The van der Waals surface area contributed by atoms with Crippen LogP contribution >= 0.6 is 0 Å². The zero-order chi connectivity index (χ0) is 21.2. The number of hydrogen-bond donors (Lipinski definition) is 1. The van der Waals surface area contributed by atoms with Crippen molar-refractivity contribution in [3.63, 3.8) is 0 Å². The minimum absolute atomic E-state index is 0.322. The van der Waals surface area contributed by atoms with Gasteiger partial charge in [-0.25, -0.2) is 14.4 Å². The fraction of sp³-hybridized carbons (Fsp3) is 0.500. The van der Waals surface area contributed by atoms with Gasteiger partial charge in [0.05, 0.1) is 0 Å². The number of aryl methyl sites for hydroxylation is 2. The lowest BCUT2D eigenvalue weighted by molar-refractivity contribution is -0.133. The van der Waals surface area contributed by atoms with Crippen LogP contribution in [-0.4, -0.2) is 24.2 Å². The average Bonchev–Trinajstić information content (AvgIpc) is 3.11. The largest absolute Gasteiger partial charge is 0.444 e. The van der Waals surface area contributed by atoms with E-state index in [4.69, 9.17) is 13.9 Å². The van der Waals surface area contributed by atoms with Gasteiger partial charge in [-0.3, -0.25) is 0 Å². The van der Waals surface area contributed by atoms with E-state index in [9.17, 15) is 14.4 Å². The summed E-state index contributed by atoms with van der Waals surface area (Å²) < 4.78 is 16.1. The van der Waals surface area contributed by atoms with Crippen molar-refractivity contribution in [1.29, 1.82) is 0 Å². The molecule has 7 heteroatoms. The van der Waals surface area contributed by atoms with Gasteiger partial charge in [-0.05, 0) is 63.6 Å². The van der Waals surface area contributed by atoms with Crippen molar-refractivity contribution in [2.24, 2.45) is 0 Å². The van der Waals surface area contributed by atoms with E-state index in [1.807, 2.05) is 13.0 Å². The summed E-state index contributed by atoms with van der Waals surface area (Å²) in [6, 6.07) is 3.56. The Bertz CT molecular complexity index is 999. The summed E-state index contributed by atoms with van der Waals surface area (Å²) >= 11 is 0. The molecule has 1 amide bonds. The van der Waals surface area contributed by atoms with E-state index in [1.165, 1.54) is 0 Å². The maximum atomic E-state index is 12.2. The van der Waals surface area contributed by atoms with Crippen molar-refractivity contribution in [2.45, 2.75) is 65.4 Å². The number of carbonyl (C=O) groups excluding carboxylic acids is 2. The first-order chi connectivity index (χ1) is 13.7. The van der Waals surface area contributed by atoms with Crippen LogP contribution in [0.25, 0.3) is 11.0 Å². The molecule has 2 aromatic rings. The van der Waals surface area contributed by atoms with Gasteiger partial charge in [-0.2, -0.15) is 0 Å². The van der Waals surface area contributed by atoms with Crippen molar-refractivity contribution in [1.82, 2.24) is 5.32 Å². The fourth-order valence-electron chi connectivity index (χ4n) is 3.53. The summed E-state index contributed by atoms with van der Waals surface area (Å²) in [7, 11) is 0. The summed E-state index contributed by atoms with van der Waals surface area (Å²) in [5, 5.41) is 3.29. The maximum Gasteiger partial charge on any atom is 0.408 e. The number of benzene rings is 1. The maximum absolute atomic E-state index is 12.2. The quantitative estimate of drug-likeness (QED) is 0.467. The van der Waals surface area contributed by atoms with Crippen molar-refractivity contribution in [2.75, 3.05) is 6.54 Å². The van der Waals surface area contributed by atoms with Crippen LogP contribution in [0.3, 0.4) is 0 Å². The molecule has 1 aliphatic carbocycles. The lowest BCUT2D eigenvalue weighted by Crippen LogP contribution is -2.36. The van der Waals surface area contributed by atoms with Gasteiger partial charge < -0.3 is 19.2 Å². The Hall–Kier alpha value is -2.83. The predicted octanol–water partition coefficient (Wildman–Crippen LogP) is 3.66. The van der Waals surface area contributed by atoms with Gasteiger partial charge in [0.15, 0.2) is 0 Å². The molecule has 0 bridgehead atoms. The summed E-state index contributed by atoms with van der Waals surface area (Å²) in [4.78, 5) is 36.2. The van der Waals surface area contributed by atoms with Gasteiger partial charge in [0, 0.05) is 17.0 Å². The van der Waals surface area contributed by atoms with Crippen LogP contribution in [0.2, 0.25) is 0 Å². The van der Waals surface area contributed by atoms with Crippen LogP contribution in [0, 0.1) is 0 Å². The van der Waals surface area contributed by atoms with E-state index >= 15 is 0 Å². The molecule has 0 spiro atoms. The molecule has 1 aromatic carbocycles. The van der Waals surface area contributed by atoms with Crippen molar-refractivity contribution in [3.05, 3.63) is 39.2 Å². The SMILES string of the molecule is CCCc1cc2c3c(c(=O)oc2cc1OC(=O)CNC(=O)OC(C)(C)C)CCC3. The molecule has 29 heavy (non-hydrogen) atoms. The van der Waals surface area contributed by atoms with Crippen LogP contribution in [0.4, 0.5) is 4.79 Å². The second-order valence-corrected chi connectivity index (χ2v) is 8.24. The molecule has 1 heterocycles. The number of rotatable bonds is 5. The van der Waals surface area contributed by atoms with Crippen LogP contribution < -0.4 is 15.7 Å². The van der Waals surface area contributed by atoms with Crippen LogP contribution in [0.5, 0.6) is 5.75 Å². The first-order valence-electron chi connectivity index (χ1n) is 9.97. The van der Waals surface area contributed by atoms with E-state index in [0.29, 0.717) is 17.8 Å². The normalized spacial score (nSPS) is 13.2. The van der Waals surface area contributed by atoms with Gasteiger partial charge in [-0.1, -0.05) is 13.3 Å². The molecule has 0 saturated heterocycles. The van der Waals surface area contributed by atoms with E-state index in [0.717, 1.165) is 47.8 Å². The van der Waals surface area contributed by atoms with Gasteiger partial charge in [0.1, 0.15) is 23.5 Å². The molecule has 0 radical (unpaired) electrons. The van der Waals surface area contributed by atoms with Crippen LogP contribution in [0.15, 0.2) is 21.3 Å². The van der Waals surface area contributed by atoms with Gasteiger partial charge in [0.2, 0.25) is 0 Å². The molecule has 3 rings (SSSR count). The zero-order valence-electron chi connectivity index (χ0n) is 17.3. The van der Waals surface area contributed by atoms with Crippen LogP contribution in [-0.2, 0) is 28.8 Å². The number of alkyl carbamates (subject to hydrolysis) is 1. The summed E-state index contributed by atoms with van der Waals surface area (Å²) in [5.41, 5.74) is 2.10. The first kappa shape index (κ1) is 20.9. The molecule has 0 aliphatic heterocycles. The monoisotopic (exact) mass is 401 g/mol. The number of ether oxygens (including phenoxy) is 2. The highest BCUT2D eigenvalue weighted by Gasteiger charge is 2.22. The Labute approximate surface area is 169 Å². The number of esters is 1. The lowest BCUT2D eigenvalue weighted by Gasteiger charge is -2.19. The number of hydrogen-bond acceptors (Lipinski definition) is 6. The molecular weight excluding hydrogens is 374 g/mol. The minimum atomic E-state index is -0.691. The second-order valence-electron chi connectivity index (χ2n) is 8.24. The highest BCUT2D eigenvalue weighted by Crippen LogP contribution is 2.33. The van der Waals surface area contributed by atoms with Gasteiger partial charge in [-0.15, -0.1) is 0 Å². The Morgan fingerprint density at radius 1 is 1.17 bits per heavy atom. The first-order valence-corrected chi connectivity index (χ1v) is 9.97. The molecule has 0 unspecified atom stereocenters.